The van der Waals surface area contributed by atoms with Gasteiger partial charge in [0, 0.05) is 6.07 Å². The second kappa shape index (κ2) is 7.53. The maximum atomic E-state index is 13.4. The molecule has 0 aliphatic carbocycles. The van der Waals surface area contributed by atoms with Crippen LogP contribution in [0.2, 0.25) is 0 Å². The molecule has 0 saturated carbocycles. The first kappa shape index (κ1) is 17.4. The van der Waals surface area contributed by atoms with E-state index in [0.717, 1.165) is 6.07 Å². The van der Waals surface area contributed by atoms with Gasteiger partial charge in [-0.1, -0.05) is 5.92 Å². The molecule has 1 unspecified atom stereocenters. The predicted molar refractivity (Wildman–Crippen MR) is 86.0 cm³/mol. The van der Waals surface area contributed by atoms with E-state index in [9.17, 15) is 14.3 Å². The highest BCUT2D eigenvalue weighted by Crippen LogP contribution is 2.25. The molecule has 2 amide bonds. The van der Waals surface area contributed by atoms with Gasteiger partial charge in [0.15, 0.2) is 0 Å². The van der Waals surface area contributed by atoms with Crippen molar-refractivity contribution in [2.45, 2.75) is 12.5 Å². The summed E-state index contributed by atoms with van der Waals surface area (Å²) in [6.45, 7) is 1.37. The molecule has 0 radical (unpaired) electrons. The fraction of sp³-hybridized carbons (Fsp3) is 0.235. The number of hydrogen-bond acceptors (Lipinski definition) is 4. The molecule has 7 heteroatoms. The molecule has 2 aromatic rings. The van der Waals surface area contributed by atoms with Crippen molar-refractivity contribution in [3.05, 3.63) is 48.2 Å². The van der Waals surface area contributed by atoms with Crippen LogP contribution in [0.25, 0.3) is 0 Å². The Bertz CT molecular complexity index is 736. The van der Waals surface area contributed by atoms with Crippen molar-refractivity contribution in [3.8, 4) is 18.1 Å². The van der Waals surface area contributed by atoms with E-state index in [1.165, 1.54) is 25.3 Å². The van der Waals surface area contributed by atoms with Crippen LogP contribution in [0.3, 0.4) is 0 Å². The molecule has 3 N–H and O–H groups in total. The van der Waals surface area contributed by atoms with Crippen LogP contribution in [0.5, 0.6) is 5.75 Å². The zero-order valence-corrected chi connectivity index (χ0v) is 13.0. The first-order valence-corrected chi connectivity index (χ1v) is 7.09. The van der Waals surface area contributed by atoms with Crippen LogP contribution in [0.15, 0.2) is 41.0 Å². The lowest BCUT2D eigenvalue weighted by Crippen LogP contribution is -2.40. The molecule has 1 atom stereocenters. The number of anilines is 1. The molecule has 0 spiro atoms. The van der Waals surface area contributed by atoms with E-state index in [1.54, 1.807) is 12.1 Å². The molecule has 0 aliphatic rings. The lowest BCUT2D eigenvalue weighted by atomic mass is 10.0. The number of rotatable bonds is 6. The molecule has 6 nitrogen and oxygen atoms in total. The Hall–Kier alpha value is -2.98. The number of halogens is 1. The van der Waals surface area contributed by atoms with Crippen LogP contribution >= 0.6 is 0 Å². The van der Waals surface area contributed by atoms with Gasteiger partial charge < -0.3 is 24.9 Å². The van der Waals surface area contributed by atoms with Crippen LogP contribution in [0.4, 0.5) is 14.9 Å². The van der Waals surface area contributed by atoms with Gasteiger partial charge in [-0.25, -0.2) is 9.18 Å². The van der Waals surface area contributed by atoms with Crippen molar-refractivity contribution in [2.75, 3.05) is 18.5 Å². The van der Waals surface area contributed by atoms with Crippen molar-refractivity contribution >= 4 is 11.7 Å². The number of ether oxygens (including phenoxy) is 1. The minimum atomic E-state index is -1.38. The number of furan rings is 1. The minimum Gasteiger partial charge on any atom is -0.479 e. The van der Waals surface area contributed by atoms with Gasteiger partial charge in [0.2, 0.25) is 0 Å². The van der Waals surface area contributed by atoms with Gasteiger partial charge in [-0.2, -0.15) is 0 Å². The summed E-state index contributed by atoms with van der Waals surface area (Å²) in [6.07, 6.45) is 6.54. The summed E-state index contributed by atoms with van der Waals surface area (Å²) in [6, 6.07) is 6.25. The van der Waals surface area contributed by atoms with E-state index >= 15 is 0 Å². The number of carbonyl (C=O) groups excluding carboxylic acids is 1. The Morgan fingerprint density at radius 3 is 2.96 bits per heavy atom. The van der Waals surface area contributed by atoms with Crippen LogP contribution < -0.4 is 15.4 Å². The van der Waals surface area contributed by atoms with Crippen molar-refractivity contribution in [2.24, 2.45) is 0 Å². The Labute approximate surface area is 138 Å². The third kappa shape index (κ3) is 4.51. The normalized spacial score (nSPS) is 12.8. The Morgan fingerprint density at radius 2 is 2.29 bits per heavy atom. The summed E-state index contributed by atoms with van der Waals surface area (Å²) >= 11 is 0. The quantitative estimate of drug-likeness (QED) is 0.710. The van der Waals surface area contributed by atoms with Crippen LogP contribution in [0.1, 0.15) is 12.7 Å². The van der Waals surface area contributed by atoms with E-state index in [1.807, 2.05) is 0 Å². The fourth-order valence-corrected chi connectivity index (χ4v) is 1.94. The number of carbonyl (C=O) groups is 1. The molecular weight excluding hydrogens is 315 g/mol. The van der Waals surface area contributed by atoms with Gasteiger partial charge in [0.05, 0.1) is 18.5 Å². The fourth-order valence-electron chi connectivity index (χ4n) is 1.94. The number of aliphatic hydroxyl groups is 1. The van der Waals surface area contributed by atoms with Crippen LogP contribution in [-0.2, 0) is 5.60 Å². The molecule has 0 fully saturated rings. The number of terminal acetylenes is 1. The maximum Gasteiger partial charge on any atom is 0.319 e. The van der Waals surface area contributed by atoms with Gasteiger partial charge in [-0.15, -0.1) is 6.42 Å². The van der Waals surface area contributed by atoms with E-state index in [2.05, 4.69) is 16.6 Å². The molecule has 1 aromatic carbocycles. The van der Waals surface area contributed by atoms with E-state index < -0.39 is 17.4 Å². The number of hydrogen-bond donors (Lipinski definition) is 3. The SMILES string of the molecule is C#CCOc1ccc(F)cc1NC(=O)NCC(C)(O)c1ccco1. The molecular formula is C17H17FN2O4. The molecule has 1 heterocycles. The maximum absolute atomic E-state index is 13.4. The first-order valence-electron chi connectivity index (χ1n) is 7.09. The van der Waals surface area contributed by atoms with Crippen molar-refractivity contribution in [1.29, 1.82) is 0 Å². The smallest absolute Gasteiger partial charge is 0.319 e. The van der Waals surface area contributed by atoms with Crippen molar-refractivity contribution in [3.63, 3.8) is 0 Å². The summed E-state index contributed by atoms with van der Waals surface area (Å²) in [5.41, 5.74) is -1.26. The zero-order valence-electron chi connectivity index (χ0n) is 13.0. The Kier molecular flexibility index (Phi) is 5.45. The Balaban J connectivity index is 1.99. The average molecular weight is 332 g/mol. The largest absolute Gasteiger partial charge is 0.479 e. The standard InChI is InChI=1S/C17H17FN2O4/c1-3-8-23-14-7-6-12(18)10-13(14)20-16(21)19-11-17(2,22)15-5-4-9-24-15/h1,4-7,9-10,22H,8,11H2,2H3,(H2,19,20,21). The number of urea groups is 1. The highest BCUT2D eigenvalue weighted by atomic mass is 19.1. The Morgan fingerprint density at radius 1 is 1.50 bits per heavy atom. The van der Waals surface area contributed by atoms with Gasteiger partial charge in [0.1, 0.15) is 29.5 Å². The predicted octanol–water partition coefficient (Wildman–Crippen LogP) is 2.46. The molecule has 0 bridgehead atoms. The lowest BCUT2D eigenvalue weighted by molar-refractivity contribution is 0.0372. The van der Waals surface area contributed by atoms with Crippen LogP contribution in [-0.4, -0.2) is 24.3 Å². The van der Waals surface area contributed by atoms with Crippen molar-refractivity contribution in [1.82, 2.24) is 5.32 Å². The van der Waals surface area contributed by atoms with E-state index in [-0.39, 0.29) is 24.6 Å². The molecule has 1 aromatic heterocycles. The van der Waals surface area contributed by atoms with Gasteiger partial charge in [-0.3, -0.25) is 0 Å². The number of benzene rings is 1. The summed E-state index contributed by atoms with van der Waals surface area (Å²) in [7, 11) is 0. The summed E-state index contributed by atoms with van der Waals surface area (Å²) in [4.78, 5) is 12.0. The highest BCUT2D eigenvalue weighted by molar-refractivity contribution is 5.90. The monoisotopic (exact) mass is 332 g/mol. The summed E-state index contributed by atoms with van der Waals surface area (Å²) in [5.74, 6) is 2.29. The average Bonchev–Trinajstić information content (AvgIpc) is 3.08. The van der Waals surface area contributed by atoms with Crippen molar-refractivity contribution < 1.29 is 23.4 Å². The topological polar surface area (TPSA) is 83.7 Å². The minimum absolute atomic E-state index is 0.0187. The molecule has 0 aliphatic heterocycles. The molecule has 24 heavy (non-hydrogen) atoms. The summed E-state index contributed by atoms with van der Waals surface area (Å²) in [5, 5.41) is 15.2. The first-order chi connectivity index (χ1) is 11.4. The number of nitrogens with one attached hydrogen (secondary N) is 2. The van der Waals surface area contributed by atoms with Gasteiger partial charge in [0.25, 0.3) is 0 Å². The van der Waals surface area contributed by atoms with E-state index in [0.29, 0.717) is 5.76 Å². The van der Waals surface area contributed by atoms with Gasteiger partial charge in [-0.05, 0) is 31.2 Å². The second-order valence-corrected chi connectivity index (χ2v) is 5.19. The third-order valence-corrected chi connectivity index (χ3v) is 3.15. The van der Waals surface area contributed by atoms with Gasteiger partial charge >= 0.3 is 6.03 Å². The third-order valence-electron chi connectivity index (χ3n) is 3.15. The lowest BCUT2D eigenvalue weighted by Gasteiger charge is -2.21. The molecule has 2 rings (SSSR count). The second-order valence-electron chi connectivity index (χ2n) is 5.19. The molecule has 126 valence electrons. The molecule has 0 saturated heterocycles. The van der Waals surface area contributed by atoms with E-state index in [4.69, 9.17) is 15.6 Å². The highest BCUT2D eigenvalue weighted by Gasteiger charge is 2.26. The van der Waals surface area contributed by atoms with Crippen LogP contribution in [0, 0.1) is 18.2 Å². The summed E-state index contributed by atoms with van der Waals surface area (Å²) < 4.78 is 23.7. The number of amides is 2. The zero-order chi connectivity index (χ0) is 17.6.